The average molecular weight is 387 g/mol. The molecule has 0 radical (unpaired) electrons. The van der Waals surface area contributed by atoms with Crippen molar-refractivity contribution in [1.82, 2.24) is 14.7 Å². The molecule has 8 heteroatoms. The smallest absolute Gasteiger partial charge is 0.315 e. The number of benzene rings is 1. The third-order valence-corrected chi connectivity index (χ3v) is 6.10. The Kier molecular flexibility index (Phi) is 4.92. The molecule has 2 aromatic rings. The number of nitrogens with zero attached hydrogens (tertiary/aromatic N) is 3. The van der Waals surface area contributed by atoms with Gasteiger partial charge < -0.3 is 15.1 Å². The molecule has 0 atom stereocenters. The van der Waals surface area contributed by atoms with Crippen LogP contribution in [0.25, 0.3) is 5.69 Å². The zero-order chi connectivity index (χ0) is 19.0. The summed E-state index contributed by atoms with van der Waals surface area (Å²) in [5, 5.41) is 7.56. The molecule has 1 fully saturated rings. The maximum absolute atomic E-state index is 12.7. The van der Waals surface area contributed by atoms with E-state index in [0.29, 0.717) is 18.9 Å². The fourth-order valence-corrected chi connectivity index (χ4v) is 4.52. The van der Waals surface area contributed by atoms with Gasteiger partial charge in [-0.3, -0.25) is 9.59 Å². The fraction of sp³-hybridized carbons (Fsp3) is 0.421. The Balaban J connectivity index is 1.60. The molecular weight excluding hydrogens is 362 g/mol. The summed E-state index contributed by atoms with van der Waals surface area (Å²) >= 11 is 1.77. The van der Waals surface area contributed by atoms with Crippen molar-refractivity contribution < 1.29 is 14.5 Å². The number of thioether (sulfide) groups is 1. The number of hydrogen-bond acceptors (Lipinski definition) is 4. The summed E-state index contributed by atoms with van der Waals surface area (Å²) in [6.07, 6.45) is 0. The monoisotopic (exact) mass is 386 g/mol. The van der Waals surface area contributed by atoms with Gasteiger partial charge in [-0.2, -0.15) is 16.9 Å². The van der Waals surface area contributed by atoms with E-state index in [0.717, 1.165) is 47.1 Å². The summed E-state index contributed by atoms with van der Waals surface area (Å²) in [5.41, 5.74) is 4.00. The number of carbonyl (C=O) groups is 2. The molecule has 7 nitrogen and oxygen atoms in total. The molecule has 142 valence electrons. The second-order valence-electron chi connectivity index (χ2n) is 7.22. The molecule has 0 aliphatic carbocycles. The molecule has 0 bridgehead atoms. The van der Waals surface area contributed by atoms with Gasteiger partial charge in [-0.25, -0.2) is 4.68 Å². The molecular formula is C19H24N5O2S+. The minimum absolute atomic E-state index is 0.459. The first kappa shape index (κ1) is 18.1. The van der Waals surface area contributed by atoms with Crippen molar-refractivity contribution in [2.75, 3.05) is 38.5 Å². The molecule has 1 aromatic heterocycles. The Morgan fingerprint density at radius 2 is 2.00 bits per heavy atom. The fourth-order valence-electron chi connectivity index (χ4n) is 3.48. The lowest BCUT2D eigenvalue weighted by Gasteiger charge is -2.29. The van der Waals surface area contributed by atoms with E-state index >= 15 is 0 Å². The summed E-state index contributed by atoms with van der Waals surface area (Å²) in [5.74, 6) is 1.20. The van der Waals surface area contributed by atoms with Crippen LogP contribution in [0.15, 0.2) is 24.3 Å². The minimum Gasteiger partial charge on any atom is -0.334 e. The second kappa shape index (κ2) is 7.36. The zero-order valence-electron chi connectivity index (χ0n) is 15.6. The van der Waals surface area contributed by atoms with Crippen molar-refractivity contribution in [1.29, 1.82) is 0 Å². The van der Waals surface area contributed by atoms with Crippen LogP contribution in [-0.4, -0.2) is 59.7 Å². The predicted molar refractivity (Wildman–Crippen MR) is 105 cm³/mol. The number of hydrogen-bond donors (Lipinski definition) is 2. The van der Waals surface area contributed by atoms with Crippen LogP contribution in [0.1, 0.15) is 16.8 Å². The third kappa shape index (κ3) is 3.59. The van der Waals surface area contributed by atoms with Gasteiger partial charge in [0.05, 0.1) is 44.6 Å². The number of likely N-dealkylation sites (N-methyl/N-ethyl adjacent to an activating group) is 1. The number of fused-ring (bicyclic) bond motifs is 1. The van der Waals surface area contributed by atoms with Gasteiger partial charge in [0, 0.05) is 17.1 Å². The van der Waals surface area contributed by atoms with Crippen LogP contribution in [0.5, 0.6) is 0 Å². The summed E-state index contributed by atoms with van der Waals surface area (Å²) in [7, 11) is 2.10. The highest BCUT2D eigenvalue weighted by Gasteiger charge is 2.30. The van der Waals surface area contributed by atoms with E-state index in [-0.39, 0.29) is 0 Å². The number of aromatic nitrogens is 2. The van der Waals surface area contributed by atoms with E-state index < -0.39 is 11.8 Å². The van der Waals surface area contributed by atoms with Gasteiger partial charge in [0.15, 0.2) is 0 Å². The van der Waals surface area contributed by atoms with E-state index in [1.165, 1.54) is 4.90 Å². The highest BCUT2D eigenvalue weighted by molar-refractivity contribution is 7.98. The predicted octanol–water partition coefficient (Wildman–Crippen LogP) is 0.223. The molecule has 4 rings (SSSR count). The summed E-state index contributed by atoms with van der Waals surface area (Å²) < 4.78 is 1.76. The minimum atomic E-state index is -0.581. The summed E-state index contributed by atoms with van der Waals surface area (Å²) in [4.78, 5) is 28.3. The first-order valence-electron chi connectivity index (χ1n) is 9.20. The van der Waals surface area contributed by atoms with Crippen LogP contribution >= 0.6 is 11.8 Å². The largest absolute Gasteiger partial charge is 0.334 e. The van der Waals surface area contributed by atoms with Crippen LogP contribution in [0, 0.1) is 6.92 Å². The number of amides is 2. The lowest BCUT2D eigenvalue weighted by Crippen LogP contribution is -3.12. The van der Waals surface area contributed by atoms with E-state index in [1.54, 1.807) is 21.3 Å². The van der Waals surface area contributed by atoms with Crippen molar-refractivity contribution in [3.8, 4) is 5.69 Å². The molecule has 2 aliphatic rings. The Bertz CT molecular complexity index is 886. The number of aryl methyl sites for hydroxylation is 1. The first-order chi connectivity index (χ1) is 13.0. The number of quaternary nitrogens is 1. The van der Waals surface area contributed by atoms with Crippen molar-refractivity contribution in [2.24, 2.45) is 0 Å². The van der Waals surface area contributed by atoms with Gasteiger partial charge in [0.1, 0.15) is 5.82 Å². The van der Waals surface area contributed by atoms with Crippen LogP contribution in [0.2, 0.25) is 0 Å². The van der Waals surface area contributed by atoms with Gasteiger partial charge in [-0.1, -0.05) is 12.1 Å². The van der Waals surface area contributed by atoms with Crippen molar-refractivity contribution in [3.63, 3.8) is 0 Å². The zero-order valence-corrected chi connectivity index (χ0v) is 16.4. The molecule has 27 heavy (non-hydrogen) atoms. The second-order valence-corrected chi connectivity index (χ2v) is 8.21. The molecule has 3 heterocycles. The van der Waals surface area contributed by atoms with Crippen LogP contribution in [0.4, 0.5) is 5.82 Å². The van der Waals surface area contributed by atoms with Gasteiger partial charge >= 0.3 is 11.8 Å². The molecule has 0 unspecified atom stereocenters. The van der Waals surface area contributed by atoms with Crippen LogP contribution < -0.4 is 10.2 Å². The molecule has 2 amide bonds. The Hall–Kier alpha value is -2.32. The lowest BCUT2D eigenvalue weighted by molar-refractivity contribution is -0.883. The molecule has 1 saturated heterocycles. The molecule has 2 aliphatic heterocycles. The van der Waals surface area contributed by atoms with E-state index in [2.05, 4.69) is 17.5 Å². The Morgan fingerprint density at radius 1 is 1.22 bits per heavy atom. The maximum atomic E-state index is 12.7. The summed E-state index contributed by atoms with van der Waals surface area (Å²) in [6.45, 7) is 4.98. The highest BCUT2D eigenvalue weighted by atomic mass is 32.2. The standard InChI is InChI=1S/C19H23N5O2S/c1-13-4-3-5-14(10-13)24-17(15-11-27-12-16(15)21-24)20-18(25)19(26)23-8-6-22(2)7-9-23/h3-5,10H,6-9,11-12H2,1-2H3,(H,20,25)/p+1. The number of nitrogens with one attached hydrogen (secondary N) is 2. The third-order valence-electron chi connectivity index (χ3n) is 5.13. The quantitative estimate of drug-likeness (QED) is 0.725. The van der Waals surface area contributed by atoms with Crippen molar-refractivity contribution in [3.05, 3.63) is 41.1 Å². The highest BCUT2D eigenvalue weighted by Crippen LogP contribution is 2.36. The number of carbonyl (C=O) groups excluding carboxylic acids is 2. The maximum Gasteiger partial charge on any atom is 0.315 e. The Labute approximate surface area is 162 Å². The lowest BCUT2D eigenvalue weighted by atomic mass is 10.2. The number of rotatable bonds is 2. The van der Waals surface area contributed by atoms with Gasteiger partial charge in [-0.05, 0) is 24.6 Å². The van der Waals surface area contributed by atoms with Crippen molar-refractivity contribution in [2.45, 2.75) is 18.4 Å². The first-order valence-corrected chi connectivity index (χ1v) is 10.4. The van der Waals surface area contributed by atoms with E-state index in [1.807, 2.05) is 31.2 Å². The topological polar surface area (TPSA) is 71.7 Å². The number of piperazine rings is 1. The van der Waals surface area contributed by atoms with Gasteiger partial charge in [0.2, 0.25) is 0 Å². The number of anilines is 1. The van der Waals surface area contributed by atoms with Crippen molar-refractivity contribution >= 4 is 29.4 Å². The SMILES string of the molecule is Cc1cccc(-n2nc3c(c2NC(=O)C(=O)N2CC[NH+](C)CC2)CSC3)c1. The molecule has 0 spiro atoms. The van der Waals surface area contributed by atoms with Crippen LogP contribution in [0.3, 0.4) is 0 Å². The molecule has 2 N–H and O–H groups in total. The Morgan fingerprint density at radius 3 is 2.74 bits per heavy atom. The molecule has 1 aromatic carbocycles. The molecule has 0 saturated carbocycles. The van der Waals surface area contributed by atoms with Gasteiger partial charge in [0.25, 0.3) is 0 Å². The normalized spacial score (nSPS) is 17.0. The van der Waals surface area contributed by atoms with Crippen LogP contribution in [-0.2, 0) is 21.1 Å². The van der Waals surface area contributed by atoms with Gasteiger partial charge in [-0.15, -0.1) is 0 Å². The average Bonchev–Trinajstić information content (AvgIpc) is 3.24. The van der Waals surface area contributed by atoms with E-state index in [4.69, 9.17) is 0 Å². The van der Waals surface area contributed by atoms with E-state index in [9.17, 15) is 9.59 Å². The summed E-state index contributed by atoms with van der Waals surface area (Å²) in [6, 6.07) is 7.97.